The van der Waals surface area contributed by atoms with Crippen LogP contribution >= 0.6 is 15.9 Å². The number of rotatable bonds is 6. The Hall–Kier alpha value is -2.60. The van der Waals surface area contributed by atoms with Gasteiger partial charge in [-0.05, 0) is 64.2 Å². The van der Waals surface area contributed by atoms with Crippen LogP contribution in [0.5, 0.6) is 5.75 Å². The molecule has 0 N–H and O–H groups in total. The Morgan fingerprint density at radius 2 is 1.93 bits per heavy atom. The van der Waals surface area contributed by atoms with Crippen molar-refractivity contribution in [3.8, 4) is 5.75 Å². The van der Waals surface area contributed by atoms with E-state index in [2.05, 4.69) is 15.9 Å². The third-order valence-electron chi connectivity index (χ3n) is 6.02. The van der Waals surface area contributed by atoms with Crippen LogP contribution in [-0.2, 0) is 16.8 Å². The number of nitrogens with zero attached hydrogens (tertiary/aromatic N) is 2. The number of carbonyl (C=O) groups is 2. The van der Waals surface area contributed by atoms with Crippen LogP contribution in [0, 0.1) is 0 Å². The van der Waals surface area contributed by atoms with Gasteiger partial charge in [0.2, 0.25) is 5.91 Å². The molecule has 2 aliphatic rings. The van der Waals surface area contributed by atoms with E-state index in [1.807, 2.05) is 60.3 Å². The lowest BCUT2D eigenvalue weighted by molar-refractivity contribution is -0.126. The highest BCUT2D eigenvalue weighted by Gasteiger charge is 2.55. The van der Waals surface area contributed by atoms with Crippen LogP contribution in [0.4, 0.5) is 5.69 Å². The molecule has 1 amide bonds. The quantitative estimate of drug-likeness (QED) is 0.455. The number of amides is 1. The van der Waals surface area contributed by atoms with Gasteiger partial charge in [0.25, 0.3) is 0 Å². The van der Waals surface area contributed by atoms with E-state index in [-0.39, 0.29) is 11.7 Å². The van der Waals surface area contributed by atoms with Gasteiger partial charge in [0.1, 0.15) is 5.75 Å². The number of ketones is 1. The molecular formula is C24H25BrN2O3. The summed E-state index contributed by atoms with van der Waals surface area (Å²) in [6, 6.07) is 11.5. The summed E-state index contributed by atoms with van der Waals surface area (Å²) >= 11 is 3.65. The van der Waals surface area contributed by atoms with E-state index in [1.165, 1.54) is 0 Å². The number of hydrogen-bond acceptors (Lipinski definition) is 4. The number of hydrogen-bond donors (Lipinski definition) is 0. The van der Waals surface area contributed by atoms with Crippen molar-refractivity contribution in [2.24, 2.45) is 0 Å². The Bertz CT molecular complexity index is 1020. The summed E-state index contributed by atoms with van der Waals surface area (Å²) in [6.07, 6.45) is 5.99. The summed E-state index contributed by atoms with van der Waals surface area (Å²) in [5.41, 5.74) is 3.01. The number of fused-ring (bicyclic) bond motifs is 2. The average Bonchev–Trinajstić information content (AvgIpc) is 2.95. The smallest absolute Gasteiger partial charge is 0.238 e. The first-order valence-electron chi connectivity index (χ1n) is 10.0. The van der Waals surface area contributed by atoms with E-state index in [0.717, 1.165) is 46.3 Å². The van der Waals surface area contributed by atoms with Gasteiger partial charge in [-0.3, -0.25) is 9.59 Å². The lowest BCUT2D eigenvalue weighted by Crippen LogP contribution is -2.44. The van der Waals surface area contributed by atoms with Gasteiger partial charge in [-0.15, -0.1) is 0 Å². The maximum Gasteiger partial charge on any atom is 0.238 e. The molecule has 30 heavy (non-hydrogen) atoms. The van der Waals surface area contributed by atoms with Crippen LogP contribution in [0.25, 0.3) is 0 Å². The van der Waals surface area contributed by atoms with Gasteiger partial charge in [-0.2, -0.15) is 0 Å². The second-order valence-electron chi connectivity index (χ2n) is 8.17. The molecule has 2 aromatic rings. The van der Waals surface area contributed by atoms with Crippen molar-refractivity contribution in [3.63, 3.8) is 0 Å². The minimum Gasteiger partial charge on any atom is -0.497 e. The molecule has 1 heterocycles. The van der Waals surface area contributed by atoms with Crippen molar-refractivity contribution < 1.29 is 14.3 Å². The molecule has 5 nitrogen and oxygen atoms in total. The fourth-order valence-corrected chi connectivity index (χ4v) is 4.92. The minimum absolute atomic E-state index is 0.0669. The van der Waals surface area contributed by atoms with Gasteiger partial charge < -0.3 is 14.5 Å². The molecule has 4 rings (SSSR count). The molecule has 1 aliphatic heterocycles. The Balaban J connectivity index is 1.73. The second-order valence-corrected chi connectivity index (χ2v) is 9.03. The number of methoxy groups -OCH3 is 1. The minimum atomic E-state index is -0.494. The van der Waals surface area contributed by atoms with Gasteiger partial charge in [0, 0.05) is 36.4 Å². The van der Waals surface area contributed by atoms with Crippen LogP contribution in [0.15, 0.2) is 53.1 Å². The number of halogens is 1. The van der Waals surface area contributed by atoms with Crippen LogP contribution < -0.4 is 9.64 Å². The molecule has 0 unspecified atom stereocenters. The molecule has 1 saturated carbocycles. The Morgan fingerprint density at radius 3 is 2.50 bits per heavy atom. The average molecular weight is 469 g/mol. The largest absolute Gasteiger partial charge is 0.497 e. The van der Waals surface area contributed by atoms with Crippen LogP contribution in [0.3, 0.4) is 0 Å². The summed E-state index contributed by atoms with van der Waals surface area (Å²) in [5, 5.41) is 0. The van der Waals surface area contributed by atoms with Gasteiger partial charge >= 0.3 is 0 Å². The molecule has 1 fully saturated rings. The summed E-state index contributed by atoms with van der Waals surface area (Å²) in [6.45, 7) is 0.490. The van der Waals surface area contributed by atoms with E-state index < -0.39 is 5.41 Å². The molecule has 1 spiro atoms. The van der Waals surface area contributed by atoms with Gasteiger partial charge in [-0.1, -0.05) is 18.6 Å². The Kier molecular flexibility index (Phi) is 5.45. The topological polar surface area (TPSA) is 49.9 Å². The van der Waals surface area contributed by atoms with Gasteiger partial charge in [0.05, 0.1) is 24.8 Å². The Morgan fingerprint density at radius 1 is 1.23 bits per heavy atom. The first-order valence-corrected chi connectivity index (χ1v) is 10.8. The Labute approximate surface area is 185 Å². The number of anilines is 1. The van der Waals surface area contributed by atoms with Crippen LogP contribution in [-0.4, -0.2) is 37.8 Å². The predicted octanol–water partition coefficient (Wildman–Crippen LogP) is 4.68. The van der Waals surface area contributed by atoms with Crippen molar-refractivity contribution >= 4 is 33.3 Å². The summed E-state index contributed by atoms with van der Waals surface area (Å²) in [4.78, 5) is 29.9. The van der Waals surface area contributed by atoms with E-state index in [9.17, 15) is 9.59 Å². The van der Waals surface area contributed by atoms with Crippen molar-refractivity contribution in [1.82, 2.24) is 4.90 Å². The predicted molar refractivity (Wildman–Crippen MR) is 121 cm³/mol. The number of allylic oxidation sites excluding steroid dienone is 1. The van der Waals surface area contributed by atoms with E-state index in [4.69, 9.17) is 4.74 Å². The summed E-state index contributed by atoms with van der Waals surface area (Å²) in [7, 11) is 5.39. The number of carbonyl (C=O) groups excluding carboxylic acids is 2. The zero-order valence-corrected chi connectivity index (χ0v) is 19.0. The molecular weight excluding hydrogens is 444 g/mol. The molecule has 0 radical (unpaired) electrons. The van der Waals surface area contributed by atoms with Crippen molar-refractivity contribution in [2.75, 3.05) is 26.1 Å². The highest BCUT2D eigenvalue weighted by atomic mass is 79.9. The summed E-state index contributed by atoms with van der Waals surface area (Å²) < 4.78 is 6.02. The third kappa shape index (κ3) is 3.43. The first kappa shape index (κ1) is 20.7. The van der Waals surface area contributed by atoms with Crippen LogP contribution in [0.2, 0.25) is 0 Å². The maximum absolute atomic E-state index is 13.5. The van der Waals surface area contributed by atoms with Gasteiger partial charge in [-0.25, -0.2) is 0 Å². The van der Waals surface area contributed by atoms with Crippen molar-refractivity contribution in [2.45, 2.75) is 31.2 Å². The van der Waals surface area contributed by atoms with E-state index in [0.29, 0.717) is 12.1 Å². The van der Waals surface area contributed by atoms with E-state index >= 15 is 0 Å². The molecule has 0 aromatic heterocycles. The normalized spacial score (nSPS) is 16.7. The molecule has 1 aliphatic carbocycles. The number of ether oxygens (including phenoxy) is 1. The standard InChI is InChI=1S/C24H25BrN2O3/c1-26(2)12-9-21(28)17-13-19-22(20(25)14-17)27(23(29)24(19)10-4-11-24)15-16-5-7-18(30-3)8-6-16/h5-9,12-14H,4,10-11,15H2,1-3H3/b12-9+. The highest BCUT2D eigenvalue weighted by Crippen LogP contribution is 2.56. The van der Waals surface area contributed by atoms with Crippen molar-refractivity contribution in [3.05, 3.63) is 69.8 Å². The zero-order valence-electron chi connectivity index (χ0n) is 17.4. The molecule has 6 heteroatoms. The first-order chi connectivity index (χ1) is 14.4. The summed E-state index contributed by atoms with van der Waals surface area (Å²) in [5.74, 6) is 0.855. The monoisotopic (exact) mass is 468 g/mol. The molecule has 2 aromatic carbocycles. The lowest BCUT2D eigenvalue weighted by atomic mass is 9.65. The second kappa shape index (κ2) is 7.91. The lowest BCUT2D eigenvalue weighted by Gasteiger charge is -2.37. The third-order valence-corrected chi connectivity index (χ3v) is 6.62. The number of benzene rings is 2. The molecule has 0 saturated heterocycles. The highest BCUT2D eigenvalue weighted by molar-refractivity contribution is 9.10. The fourth-order valence-electron chi connectivity index (χ4n) is 4.25. The van der Waals surface area contributed by atoms with Crippen LogP contribution in [0.1, 0.15) is 40.7 Å². The molecule has 0 atom stereocenters. The molecule has 156 valence electrons. The zero-order chi connectivity index (χ0) is 21.5. The fraction of sp³-hybridized carbons (Fsp3) is 0.333. The maximum atomic E-state index is 13.5. The van der Waals surface area contributed by atoms with E-state index in [1.54, 1.807) is 19.4 Å². The van der Waals surface area contributed by atoms with Gasteiger partial charge in [0.15, 0.2) is 5.78 Å². The SMILES string of the molecule is COc1ccc(CN2C(=O)C3(CCC3)c3cc(C(=O)/C=C/N(C)C)cc(Br)c32)cc1. The molecule has 0 bridgehead atoms. The van der Waals surface area contributed by atoms with Crippen molar-refractivity contribution in [1.29, 1.82) is 0 Å².